The first-order valence-corrected chi connectivity index (χ1v) is 6.85. The van der Waals surface area contributed by atoms with Crippen molar-refractivity contribution in [3.63, 3.8) is 0 Å². The average molecular weight is 226 g/mol. The van der Waals surface area contributed by atoms with Gasteiger partial charge in [0.2, 0.25) is 0 Å². The van der Waals surface area contributed by atoms with Crippen LogP contribution in [-0.4, -0.2) is 19.0 Å². The molecule has 0 heterocycles. The number of hydrogen-bond donors (Lipinski definition) is 0. The van der Waals surface area contributed by atoms with Gasteiger partial charge in [-0.1, -0.05) is 39.0 Å². The van der Waals surface area contributed by atoms with Gasteiger partial charge in [-0.25, -0.2) is 0 Å². The predicted octanol–water partition coefficient (Wildman–Crippen LogP) is 3.73. The number of ether oxygens (including phenoxy) is 1. The Bertz CT molecular complexity index is 195. The molecule has 0 N–H and O–H groups in total. The molecule has 2 heteroatoms. The van der Waals surface area contributed by atoms with Gasteiger partial charge in [0.15, 0.2) is 5.78 Å². The highest BCUT2D eigenvalue weighted by atomic mass is 16.5. The molecule has 0 aromatic carbocycles. The van der Waals surface area contributed by atoms with Gasteiger partial charge < -0.3 is 4.74 Å². The van der Waals surface area contributed by atoms with Crippen molar-refractivity contribution >= 4 is 5.78 Å². The molecule has 0 aliphatic heterocycles. The van der Waals surface area contributed by atoms with E-state index in [2.05, 4.69) is 6.92 Å². The number of ketones is 1. The summed E-state index contributed by atoms with van der Waals surface area (Å²) in [5, 5.41) is 0. The maximum atomic E-state index is 12.0. The maximum Gasteiger partial charge on any atom is 0.161 e. The third kappa shape index (κ3) is 4.25. The van der Waals surface area contributed by atoms with Crippen molar-refractivity contribution in [2.24, 2.45) is 5.92 Å². The second kappa shape index (κ2) is 7.83. The quantitative estimate of drug-likeness (QED) is 0.618. The molecule has 0 saturated heterocycles. The minimum Gasteiger partial charge on any atom is -0.373 e. The molecule has 1 fully saturated rings. The Morgan fingerprint density at radius 2 is 1.94 bits per heavy atom. The molecule has 1 aliphatic rings. The van der Waals surface area contributed by atoms with E-state index in [-0.39, 0.29) is 6.10 Å². The Morgan fingerprint density at radius 1 is 1.25 bits per heavy atom. The van der Waals surface area contributed by atoms with Crippen LogP contribution < -0.4 is 0 Å². The van der Waals surface area contributed by atoms with Crippen LogP contribution in [0.25, 0.3) is 0 Å². The number of methoxy groups -OCH3 is 1. The fourth-order valence-corrected chi connectivity index (χ4v) is 2.72. The molecule has 1 saturated carbocycles. The lowest BCUT2D eigenvalue weighted by molar-refractivity contribution is -0.132. The van der Waals surface area contributed by atoms with Crippen molar-refractivity contribution in [3.05, 3.63) is 0 Å². The summed E-state index contributed by atoms with van der Waals surface area (Å²) in [6.45, 7) is 2.17. The average Bonchev–Trinajstić information content (AvgIpc) is 2.32. The van der Waals surface area contributed by atoms with E-state index in [0.29, 0.717) is 18.1 Å². The van der Waals surface area contributed by atoms with Gasteiger partial charge >= 0.3 is 0 Å². The number of hydrogen-bond acceptors (Lipinski definition) is 2. The monoisotopic (exact) mass is 226 g/mol. The van der Waals surface area contributed by atoms with Gasteiger partial charge in [0.25, 0.3) is 0 Å². The van der Waals surface area contributed by atoms with Crippen molar-refractivity contribution in [1.82, 2.24) is 0 Å². The largest absolute Gasteiger partial charge is 0.373 e. The minimum atomic E-state index is -0.114. The normalized spacial score (nSPS) is 19.6. The first-order chi connectivity index (χ1) is 7.79. The van der Waals surface area contributed by atoms with Gasteiger partial charge in [-0.2, -0.15) is 0 Å². The van der Waals surface area contributed by atoms with Crippen LogP contribution in [0.1, 0.15) is 64.7 Å². The smallest absolute Gasteiger partial charge is 0.161 e. The molecule has 1 aliphatic carbocycles. The highest BCUT2D eigenvalue weighted by Gasteiger charge is 2.28. The van der Waals surface area contributed by atoms with E-state index >= 15 is 0 Å². The van der Waals surface area contributed by atoms with E-state index in [0.717, 1.165) is 12.8 Å². The van der Waals surface area contributed by atoms with Crippen LogP contribution in [0.4, 0.5) is 0 Å². The van der Waals surface area contributed by atoms with Gasteiger partial charge in [-0.15, -0.1) is 0 Å². The summed E-state index contributed by atoms with van der Waals surface area (Å²) in [7, 11) is 1.69. The summed E-state index contributed by atoms with van der Waals surface area (Å²) < 4.78 is 5.43. The molecule has 1 atom stereocenters. The van der Waals surface area contributed by atoms with Crippen molar-refractivity contribution in [3.8, 4) is 0 Å². The number of carbonyl (C=O) groups is 1. The summed E-state index contributed by atoms with van der Waals surface area (Å²) >= 11 is 0. The Hall–Kier alpha value is -0.370. The summed E-state index contributed by atoms with van der Waals surface area (Å²) in [5.74, 6) is 0.829. The number of Topliss-reactive ketones (excluding diaryl/α,β-unsaturated/α-hetero) is 1. The molecule has 1 rings (SSSR count). The van der Waals surface area contributed by atoms with Crippen LogP contribution in [0.15, 0.2) is 0 Å². The third-order valence-corrected chi connectivity index (χ3v) is 3.68. The lowest BCUT2D eigenvalue weighted by Crippen LogP contribution is -2.32. The zero-order valence-corrected chi connectivity index (χ0v) is 10.8. The minimum absolute atomic E-state index is 0.114. The zero-order chi connectivity index (χ0) is 11.8. The summed E-state index contributed by atoms with van der Waals surface area (Å²) in [5.41, 5.74) is 0. The molecule has 0 bridgehead atoms. The number of rotatable bonds is 7. The molecule has 0 spiro atoms. The van der Waals surface area contributed by atoms with E-state index in [1.54, 1.807) is 7.11 Å². The predicted molar refractivity (Wildman–Crippen MR) is 66.5 cm³/mol. The van der Waals surface area contributed by atoms with Crippen molar-refractivity contribution in [2.45, 2.75) is 70.8 Å². The molecule has 0 aromatic heterocycles. The van der Waals surface area contributed by atoms with Crippen molar-refractivity contribution < 1.29 is 9.53 Å². The molecule has 16 heavy (non-hydrogen) atoms. The first-order valence-electron chi connectivity index (χ1n) is 6.85. The molecular weight excluding hydrogens is 200 g/mol. The Labute approximate surface area is 99.8 Å². The van der Waals surface area contributed by atoms with E-state index in [1.807, 2.05) is 0 Å². The second-order valence-electron chi connectivity index (χ2n) is 4.98. The van der Waals surface area contributed by atoms with Crippen LogP contribution in [-0.2, 0) is 9.53 Å². The standard InChI is InChI=1S/C14H26O2/c1-3-4-6-11-13(15)14(16-2)12-9-7-5-8-10-12/h12,14H,3-11H2,1-2H3. The lowest BCUT2D eigenvalue weighted by Gasteiger charge is -2.28. The summed E-state index contributed by atoms with van der Waals surface area (Å²) in [6, 6.07) is 0. The van der Waals surface area contributed by atoms with Crippen LogP contribution in [0.5, 0.6) is 0 Å². The molecule has 94 valence electrons. The fourth-order valence-electron chi connectivity index (χ4n) is 2.72. The molecule has 2 nitrogen and oxygen atoms in total. The summed E-state index contributed by atoms with van der Waals surface area (Å²) in [6.07, 6.45) is 10.2. The fraction of sp³-hybridized carbons (Fsp3) is 0.929. The SMILES string of the molecule is CCCCCC(=O)C(OC)C1CCCCC1. The second-order valence-corrected chi connectivity index (χ2v) is 4.98. The van der Waals surface area contributed by atoms with Crippen LogP contribution in [0.2, 0.25) is 0 Å². The molecular formula is C14H26O2. The molecule has 0 radical (unpaired) electrons. The van der Waals surface area contributed by atoms with Crippen LogP contribution in [0, 0.1) is 5.92 Å². The number of carbonyl (C=O) groups excluding carboxylic acids is 1. The highest BCUT2D eigenvalue weighted by Crippen LogP contribution is 2.28. The Morgan fingerprint density at radius 3 is 2.50 bits per heavy atom. The Balaban J connectivity index is 2.35. The third-order valence-electron chi connectivity index (χ3n) is 3.68. The van der Waals surface area contributed by atoms with E-state index < -0.39 is 0 Å². The first kappa shape index (κ1) is 13.7. The van der Waals surface area contributed by atoms with Gasteiger partial charge in [0, 0.05) is 13.5 Å². The highest BCUT2D eigenvalue weighted by molar-refractivity contribution is 5.83. The Kier molecular flexibility index (Phi) is 6.70. The summed E-state index contributed by atoms with van der Waals surface area (Å²) in [4.78, 5) is 12.0. The van der Waals surface area contributed by atoms with Crippen molar-refractivity contribution in [2.75, 3.05) is 7.11 Å². The number of unbranched alkanes of at least 4 members (excludes halogenated alkanes) is 2. The topological polar surface area (TPSA) is 26.3 Å². The van der Waals surface area contributed by atoms with Gasteiger partial charge in [-0.3, -0.25) is 4.79 Å². The van der Waals surface area contributed by atoms with Gasteiger partial charge in [0.05, 0.1) is 0 Å². The van der Waals surface area contributed by atoms with E-state index in [4.69, 9.17) is 4.74 Å². The zero-order valence-electron chi connectivity index (χ0n) is 10.8. The van der Waals surface area contributed by atoms with E-state index in [1.165, 1.54) is 38.5 Å². The maximum absolute atomic E-state index is 12.0. The lowest BCUT2D eigenvalue weighted by atomic mass is 9.83. The molecule has 1 unspecified atom stereocenters. The van der Waals surface area contributed by atoms with Crippen LogP contribution >= 0.6 is 0 Å². The molecule has 0 amide bonds. The van der Waals surface area contributed by atoms with E-state index in [9.17, 15) is 4.79 Å². The van der Waals surface area contributed by atoms with Gasteiger partial charge in [0.1, 0.15) is 6.10 Å². The van der Waals surface area contributed by atoms with Gasteiger partial charge in [-0.05, 0) is 25.2 Å². The molecule has 0 aromatic rings. The van der Waals surface area contributed by atoms with Crippen molar-refractivity contribution in [1.29, 1.82) is 0 Å². The van der Waals surface area contributed by atoms with Crippen LogP contribution in [0.3, 0.4) is 0 Å².